The molecule has 0 bridgehead atoms. The minimum absolute atomic E-state index is 0.0887. The van der Waals surface area contributed by atoms with Gasteiger partial charge in [0.05, 0.1) is 18.9 Å². The Hall–Kier alpha value is -2.87. The van der Waals surface area contributed by atoms with E-state index in [4.69, 9.17) is 9.57 Å². The molecule has 0 radical (unpaired) electrons. The average molecular weight is 539 g/mol. The maximum Gasteiger partial charge on any atom is 0.328 e. The number of nitrogens with zero attached hydrogens (tertiary/aromatic N) is 1. The number of aliphatic hydroxyl groups is 1. The van der Waals surface area contributed by atoms with E-state index in [1.54, 1.807) is 12.1 Å². The summed E-state index contributed by atoms with van der Waals surface area (Å²) in [6.07, 6.45) is 10.7. The predicted molar refractivity (Wildman–Crippen MR) is 147 cm³/mol. The second kappa shape index (κ2) is 11.0. The third-order valence-electron chi connectivity index (χ3n) is 10.5. The molecule has 212 valence electrons. The molecule has 8 nitrogen and oxygen atoms in total. The van der Waals surface area contributed by atoms with Crippen LogP contribution in [-0.2, 0) is 25.6 Å². The number of hydrogen-bond acceptors (Lipinski definition) is 7. The van der Waals surface area contributed by atoms with Crippen molar-refractivity contribution in [3.8, 4) is 5.75 Å². The van der Waals surface area contributed by atoms with Crippen molar-refractivity contribution in [2.75, 3.05) is 13.7 Å². The number of rotatable bonds is 7. The van der Waals surface area contributed by atoms with Crippen molar-refractivity contribution in [3.05, 3.63) is 41.5 Å². The Morgan fingerprint density at radius 3 is 2.59 bits per heavy atom. The Kier molecular flexibility index (Phi) is 7.77. The number of aliphatic hydroxyl groups excluding tert-OH is 1. The molecule has 1 amide bonds. The van der Waals surface area contributed by atoms with Crippen molar-refractivity contribution in [2.45, 2.75) is 83.8 Å². The van der Waals surface area contributed by atoms with Gasteiger partial charge in [-0.15, -0.1) is 0 Å². The molecule has 0 unspecified atom stereocenters. The molecular weight excluding hydrogens is 496 g/mol. The highest BCUT2D eigenvalue weighted by Crippen LogP contribution is 2.65. The van der Waals surface area contributed by atoms with E-state index in [2.05, 4.69) is 30.4 Å². The number of amides is 1. The molecule has 3 fully saturated rings. The molecule has 0 aromatic heterocycles. The number of phenolic OH excluding ortho intramolecular Hbond substituents is 1. The molecule has 1 aromatic carbocycles. The van der Waals surface area contributed by atoms with Crippen LogP contribution in [0.15, 0.2) is 41.1 Å². The molecule has 0 aliphatic heterocycles. The van der Waals surface area contributed by atoms with Gasteiger partial charge in [-0.1, -0.05) is 36.7 Å². The van der Waals surface area contributed by atoms with Crippen molar-refractivity contribution in [1.82, 2.24) is 5.32 Å². The van der Waals surface area contributed by atoms with Crippen LogP contribution in [0.3, 0.4) is 0 Å². The third kappa shape index (κ3) is 5.32. The van der Waals surface area contributed by atoms with Gasteiger partial charge < -0.3 is 25.1 Å². The maximum absolute atomic E-state index is 12.5. The Balaban J connectivity index is 1.18. The van der Waals surface area contributed by atoms with Crippen LogP contribution in [0.2, 0.25) is 0 Å². The topological polar surface area (TPSA) is 117 Å². The smallest absolute Gasteiger partial charge is 0.328 e. The fourth-order valence-corrected chi connectivity index (χ4v) is 8.23. The van der Waals surface area contributed by atoms with Crippen LogP contribution in [0.4, 0.5) is 0 Å². The summed E-state index contributed by atoms with van der Waals surface area (Å²) >= 11 is 0. The number of allylic oxidation sites excluding steroid dienone is 2. The van der Waals surface area contributed by atoms with Gasteiger partial charge in [-0.25, -0.2) is 4.79 Å². The lowest BCUT2D eigenvalue weighted by atomic mass is 9.47. The zero-order chi connectivity index (χ0) is 27.8. The number of benzene rings is 1. The van der Waals surface area contributed by atoms with Crippen LogP contribution in [-0.4, -0.2) is 53.7 Å². The van der Waals surface area contributed by atoms with Gasteiger partial charge in [0.15, 0.2) is 6.61 Å². The lowest BCUT2D eigenvalue weighted by Crippen LogP contribution is -2.51. The maximum atomic E-state index is 12.5. The van der Waals surface area contributed by atoms with Crippen LogP contribution in [0.5, 0.6) is 5.75 Å². The summed E-state index contributed by atoms with van der Waals surface area (Å²) in [6, 6.07) is 5.59. The van der Waals surface area contributed by atoms with Gasteiger partial charge in [-0.05, 0) is 104 Å². The number of ether oxygens (including phenoxy) is 1. The number of carbonyl (C=O) groups excluding carboxylic acids is 2. The first-order valence-electron chi connectivity index (χ1n) is 14.4. The van der Waals surface area contributed by atoms with E-state index in [-0.39, 0.29) is 35.7 Å². The Bertz CT molecular complexity index is 1150. The number of esters is 1. The second-order valence-corrected chi connectivity index (χ2v) is 12.5. The van der Waals surface area contributed by atoms with Crippen LogP contribution in [0.25, 0.3) is 0 Å². The van der Waals surface area contributed by atoms with Gasteiger partial charge in [0, 0.05) is 6.42 Å². The van der Waals surface area contributed by atoms with E-state index in [1.807, 2.05) is 0 Å². The fourth-order valence-electron chi connectivity index (χ4n) is 8.23. The van der Waals surface area contributed by atoms with Gasteiger partial charge in [0.25, 0.3) is 5.91 Å². The van der Waals surface area contributed by atoms with Gasteiger partial charge in [0.1, 0.15) is 11.8 Å². The summed E-state index contributed by atoms with van der Waals surface area (Å²) in [7, 11) is 1.28. The SMILES string of the molecule is COC(=O)[C@H](Cc1ccc(O)cc1)NC(=O)CON=C1C=C2CC[C@@H]3[C@@H](CC[C@]4(C)[C@H](O)CC[C@@H]34)[C@@]2(C)CC1. The molecule has 3 N–H and O–H groups in total. The van der Waals surface area contributed by atoms with Crippen molar-refractivity contribution < 1.29 is 29.4 Å². The fraction of sp³-hybridized carbons (Fsp3) is 0.645. The third-order valence-corrected chi connectivity index (χ3v) is 10.5. The molecule has 0 saturated heterocycles. The first kappa shape index (κ1) is 27.7. The number of methoxy groups -OCH3 is 1. The largest absolute Gasteiger partial charge is 0.508 e. The zero-order valence-electron chi connectivity index (χ0n) is 23.3. The Labute approximate surface area is 230 Å². The zero-order valence-corrected chi connectivity index (χ0v) is 23.3. The molecule has 1 aromatic rings. The quantitative estimate of drug-likeness (QED) is 0.352. The molecule has 39 heavy (non-hydrogen) atoms. The molecule has 4 aliphatic rings. The minimum Gasteiger partial charge on any atom is -0.508 e. The van der Waals surface area contributed by atoms with Crippen molar-refractivity contribution in [1.29, 1.82) is 0 Å². The molecule has 4 aliphatic carbocycles. The summed E-state index contributed by atoms with van der Waals surface area (Å²) in [4.78, 5) is 30.2. The summed E-state index contributed by atoms with van der Waals surface area (Å²) in [6.45, 7) is 4.45. The second-order valence-electron chi connectivity index (χ2n) is 12.5. The number of oxime groups is 1. The van der Waals surface area contributed by atoms with Gasteiger partial charge >= 0.3 is 5.97 Å². The number of fused-ring (bicyclic) bond motifs is 5. The van der Waals surface area contributed by atoms with Crippen molar-refractivity contribution in [3.63, 3.8) is 0 Å². The van der Waals surface area contributed by atoms with E-state index in [0.717, 1.165) is 49.8 Å². The number of nitrogens with one attached hydrogen (secondary N) is 1. The lowest BCUT2D eigenvalue weighted by molar-refractivity contribution is -0.145. The molecule has 8 heteroatoms. The molecular formula is C31H42N2O6. The monoisotopic (exact) mass is 538 g/mol. The van der Waals surface area contributed by atoms with Gasteiger partial charge in [0.2, 0.25) is 0 Å². The highest BCUT2D eigenvalue weighted by molar-refractivity contribution is 5.96. The van der Waals surface area contributed by atoms with Crippen LogP contribution in [0, 0.1) is 28.6 Å². The summed E-state index contributed by atoms with van der Waals surface area (Å²) < 4.78 is 4.85. The first-order chi connectivity index (χ1) is 18.6. The molecule has 0 heterocycles. The van der Waals surface area contributed by atoms with Crippen molar-refractivity contribution in [2.24, 2.45) is 33.7 Å². The summed E-state index contributed by atoms with van der Waals surface area (Å²) in [5.41, 5.74) is 3.34. The van der Waals surface area contributed by atoms with Crippen LogP contribution in [0.1, 0.15) is 70.8 Å². The van der Waals surface area contributed by atoms with E-state index in [1.165, 1.54) is 37.7 Å². The van der Waals surface area contributed by atoms with E-state index >= 15 is 0 Å². The lowest BCUT2D eigenvalue weighted by Gasteiger charge is -2.57. The van der Waals surface area contributed by atoms with E-state index < -0.39 is 17.9 Å². The highest BCUT2D eigenvalue weighted by atomic mass is 16.6. The van der Waals surface area contributed by atoms with Crippen molar-refractivity contribution >= 4 is 17.6 Å². The average Bonchev–Trinajstić information content (AvgIpc) is 3.23. The molecule has 0 spiro atoms. The summed E-state index contributed by atoms with van der Waals surface area (Å²) in [5.74, 6) is 1.09. The van der Waals surface area contributed by atoms with E-state index in [0.29, 0.717) is 17.8 Å². The van der Waals surface area contributed by atoms with Crippen LogP contribution >= 0.6 is 0 Å². The summed E-state index contributed by atoms with van der Waals surface area (Å²) in [5, 5.41) is 27.1. The Morgan fingerprint density at radius 2 is 1.85 bits per heavy atom. The molecule has 5 rings (SSSR count). The molecule has 7 atom stereocenters. The minimum atomic E-state index is -0.866. The number of aromatic hydroxyl groups is 1. The van der Waals surface area contributed by atoms with Crippen LogP contribution < -0.4 is 5.32 Å². The van der Waals surface area contributed by atoms with Gasteiger partial charge in [-0.2, -0.15) is 0 Å². The van der Waals surface area contributed by atoms with Gasteiger partial charge in [-0.3, -0.25) is 4.79 Å². The molecule has 3 saturated carbocycles. The van der Waals surface area contributed by atoms with E-state index in [9.17, 15) is 19.8 Å². The highest BCUT2D eigenvalue weighted by Gasteiger charge is 2.58. The Morgan fingerprint density at radius 1 is 1.08 bits per heavy atom. The normalized spacial score (nSPS) is 35.2. The number of phenols is 1. The number of hydrogen-bond donors (Lipinski definition) is 3. The number of carbonyl (C=O) groups is 2. The standard InChI is InChI=1S/C31H42N2O6/c1-30-14-12-21(17-20(30)6-9-23-24-10-11-27(35)31(24,2)15-13-25(23)30)33-39-18-28(36)32-26(29(37)38-3)16-19-4-7-22(34)8-5-19/h4-5,7-8,17,23-27,34-35H,6,9-16,18H2,1-3H3,(H,32,36)/t23-,24-,25+,26-,27+,30-,31-/m0/s1. The predicted octanol–water partition coefficient (Wildman–Crippen LogP) is 4.29. The first-order valence-corrected chi connectivity index (χ1v) is 14.4.